The molecule has 3 rings (SSSR count). The Morgan fingerprint density at radius 1 is 1.32 bits per heavy atom. The zero-order chi connectivity index (χ0) is 13.4. The van der Waals surface area contributed by atoms with Gasteiger partial charge in [-0.2, -0.15) is 5.10 Å². The van der Waals surface area contributed by atoms with E-state index in [4.69, 9.17) is 0 Å². The number of aromatic nitrogens is 2. The van der Waals surface area contributed by atoms with E-state index in [0.717, 1.165) is 10.9 Å². The van der Waals surface area contributed by atoms with Gasteiger partial charge < -0.3 is 0 Å². The number of H-pyrrole nitrogens is 1. The van der Waals surface area contributed by atoms with Gasteiger partial charge in [0.15, 0.2) is 6.29 Å². The second-order valence-corrected chi connectivity index (χ2v) is 4.54. The van der Waals surface area contributed by atoms with Gasteiger partial charge in [-0.1, -0.05) is 12.1 Å². The van der Waals surface area contributed by atoms with Crippen LogP contribution in [0.25, 0.3) is 10.9 Å². The summed E-state index contributed by atoms with van der Waals surface area (Å²) in [6.07, 6.45) is 1.55. The first kappa shape index (κ1) is 11.6. The molecule has 2 N–H and O–H groups in total. The van der Waals surface area contributed by atoms with Gasteiger partial charge in [0.05, 0.1) is 11.4 Å². The van der Waals surface area contributed by atoms with Crippen LogP contribution in [0.3, 0.4) is 0 Å². The number of piperidine rings is 1. The van der Waals surface area contributed by atoms with E-state index in [2.05, 4.69) is 15.5 Å². The second kappa shape index (κ2) is 4.31. The van der Waals surface area contributed by atoms with Crippen LogP contribution in [0.5, 0.6) is 0 Å². The third kappa shape index (κ3) is 1.91. The van der Waals surface area contributed by atoms with Crippen molar-refractivity contribution in [2.75, 3.05) is 0 Å². The van der Waals surface area contributed by atoms with Crippen molar-refractivity contribution in [3.05, 3.63) is 29.5 Å². The number of benzene rings is 1. The maximum absolute atomic E-state index is 11.8. The molecule has 0 bridgehead atoms. The summed E-state index contributed by atoms with van der Waals surface area (Å²) in [5.41, 5.74) is 1.87. The van der Waals surface area contributed by atoms with E-state index in [1.54, 1.807) is 18.2 Å². The molecule has 1 aliphatic heterocycles. The third-order valence-electron chi connectivity index (χ3n) is 3.37. The highest BCUT2D eigenvalue weighted by Gasteiger charge is 2.28. The molecule has 1 aliphatic rings. The Morgan fingerprint density at radius 3 is 2.89 bits per heavy atom. The number of imide groups is 1. The zero-order valence-electron chi connectivity index (χ0n) is 9.97. The van der Waals surface area contributed by atoms with Gasteiger partial charge in [-0.05, 0) is 18.1 Å². The van der Waals surface area contributed by atoms with Gasteiger partial charge in [0.1, 0.15) is 5.69 Å². The minimum atomic E-state index is -0.335. The number of hydrogen-bond acceptors (Lipinski definition) is 4. The Morgan fingerprint density at radius 2 is 2.16 bits per heavy atom. The second-order valence-electron chi connectivity index (χ2n) is 4.54. The van der Waals surface area contributed by atoms with Crippen molar-refractivity contribution in [2.45, 2.75) is 18.8 Å². The molecule has 6 heteroatoms. The highest BCUT2D eigenvalue weighted by Crippen LogP contribution is 2.27. The maximum atomic E-state index is 11.8. The molecule has 2 amide bonds. The highest BCUT2D eigenvalue weighted by molar-refractivity contribution is 6.01. The number of rotatable bonds is 2. The van der Waals surface area contributed by atoms with E-state index in [0.29, 0.717) is 30.3 Å². The van der Waals surface area contributed by atoms with E-state index in [1.807, 2.05) is 0 Å². The number of hydrogen-bond donors (Lipinski definition) is 2. The summed E-state index contributed by atoms with van der Waals surface area (Å²) < 4.78 is 0. The van der Waals surface area contributed by atoms with Gasteiger partial charge in [0, 0.05) is 11.8 Å². The van der Waals surface area contributed by atoms with Gasteiger partial charge in [-0.3, -0.25) is 24.8 Å². The van der Waals surface area contributed by atoms with Crippen molar-refractivity contribution in [3.63, 3.8) is 0 Å². The Kier molecular flexibility index (Phi) is 2.63. The van der Waals surface area contributed by atoms with Gasteiger partial charge in [0.25, 0.3) is 0 Å². The topological polar surface area (TPSA) is 91.9 Å². The molecule has 1 atom stereocenters. The fraction of sp³-hybridized carbons (Fsp3) is 0.231. The summed E-state index contributed by atoms with van der Waals surface area (Å²) in [6.45, 7) is 0. The Balaban J connectivity index is 1.99. The van der Waals surface area contributed by atoms with Crippen LogP contribution in [-0.4, -0.2) is 28.3 Å². The summed E-state index contributed by atoms with van der Waals surface area (Å²) in [5, 5.41) is 9.73. The fourth-order valence-corrected chi connectivity index (χ4v) is 2.37. The van der Waals surface area contributed by atoms with Crippen LogP contribution in [0, 0.1) is 0 Å². The lowest BCUT2D eigenvalue weighted by Gasteiger charge is -2.20. The summed E-state index contributed by atoms with van der Waals surface area (Å²) >= 11 is 0. The van der Waals surface area contributed by atoms with Crippen LogP contribution in [0.4, 0.5) is 0 Å². The molecular weight excluding hydrogens is 246 g/mol. The molecular formula is C13H11N3O3. The summed E-state index contributed by atoms with van der Waals surface area (Å²) in [5.74, 6) is -0.842. The Labute approximate surface area is 108 Å². The van der Waals surface area contributed by atoms with Crippen LogP contribution in [0.1, 0.15) is 34.8 Å². The molecule has 0 radical (unpaired) electrons. The highest BCUT2D eigenvalue weighted by atomic mass is 16.2. The summed E-state index contributed by atoms with van der Waals surface area (Å²) in [7, 11) is 0. The average molecular weight is 257 g/mol. The smallest absolute Gasteiger partial charge is 0.234 e. The molecule has 96 valence electrons. The predicted molar refractivity (Wildman–Crippen MR) is 66.6 cm³/mol. The van der Waals surface area contributed by atoms with Crippen molar-refractivity contribution < 1.29 is 14.4 Å². The lowest BCUT2D eigenvalue weighted by atomic mass is 9.90. The van der Waals surface area contributed by atoms with Gasteiger partial charge in [-0.25, -0.2) is 0 Å². The van der Waals surface area contributed by atoms with Gasteiger partial charge >= 0.3 is 0 Å². The van der Waals surface area contributed by atoms with Crippen LogP contribution >= 0.6 is 0 Å². The number of carbonyl (C=O) groups excluding carboxylic acids is 3. The number of carbonyl (C=O) groups is 3. The van der Waals surface area contributed by atoms with E-state index < -0.39 is 0 Å². The molecule has 2 heterocycles. The third-order valence-corrected chi connectivity index (χ3v) is 3.37. The lowest BCUT2D eigenvalue weighted by molar-refractivity contribution is -0.134. The molecule has 1 fully saturated rings. The van der Waals surface area contributed by atoms with Crippen LogP contribution in [-0.2, 0) is 9.59 Å². The maximum Gasteiger partial charge on any atom is 0.234 e. The number of aldehydes is 1. The minimum Gasteiger partial charge on any atom is -0.296 e. The molecule has 0 saturated carbocycles. The van der Waals surface area contributed by atoms with Crippen LogP contribution in [0.15, 0.2) is 18.2 Å². The zero-order valence-corrected chi connectivity index (χ0v) is 9.97. The monoisotopic (exact) mass is 257 g/mol. The molecule has 19 heavy (non-hydrogen) atoms. The molecule has 1 aromatic heterocycles. The quantitative estimate of drug-likeness (QED) is 0.617. The first-order valence-electron chi connectivity index (χ1n) is 5.96. The van der Waals surface area contributed by atoms with E-state index in [1.165, 1.54) is 0 Å². The Hall–Kier alpha value is -2.50. The van der Waals surface area contributed by atoms with E-state index in [9.17, 15) is 14.4 Å². The minimum absolute atomic E-state index is 0.231. The number of fused-ring (bicyclic) bond motifs is 1. The van der Waals surface area contributed by atoms with E-state index >= 15 is 0 Å². The SMILES string of the molecule is O=Cc1[nH]nc2cc(C3CCC(=O)NC3=O)ccc12. The number of nitrogens with zero attached hydrogens (tertiary/aromatic N) is 1. The first-order chi connectivity index (χ1) is 9.19. The van der Waals surface area contributed by atoms with Crippen molar-refractivity contribution in [1.29, 1.82) is 0 Å². The molecule has 0 aliphatic carbocycles. The average Bonchev–Trinajstić information content (AvgIpc) is 2.80. The number of nitrogens with one attached hydrogen (secondary N) is 2. The van der Waals surface area contributed by atoms with Gasteiger partial charge in [-0.15, -0.1) is 0 Å². The first-order valence-corrected chi connectivity index (χ1v) is 5.96. The van der Waals surface area contributed by atoms with E-state index in [-0.39, 0.29) is 17.7 Å². The summed E-state index contributed by atoms with van der Waals surface area (Å²) in [6, 6.07) is 5.34. The normalized spacial score (nSPS) is 19.5. The molecule has 1 aromatic carbocycles. The van der Waals surface area contributed by atoms with Crippen molar-refractivity contribution >= 4 is 29.0 Å². The molecule has 6 nitrogen and oxygen atoms in total. The standard InChI is InChI=1S/C13H11N3O3/c17-6-11-9-2-1-7(5-10(9)15-16-11)8-3-4-12(18)14-13(8)19/h1-2,5-6,8H,3-4H2,(H,15,16)(H,14,18,19). The molecule has 0 spiro atoms. The van der Waals surface area contributed by atoms with Crippen LogP contribution in [0.2, 0.25) is 0 Å². The number of aromatic amines is 1. The molecule has 1 unspecified atom stereocenters. The molecule has 2 aromatic rings. The lowest BCUT2D eigenvalue weighted by Crippen LogP contribution is -2.39. The largest absolute Gasteiger partial charge is 0.296 e. The van der Waals surface area contributed by atoms with Crippen LogP contribution < -0.4 is 5.32 Å². The van der Waals surface area contributed by atoms with Crippen molar-refractivity contribution in [3.8, 4) is 0 Å². The summed E-state index contributed by atoms with van der Waals surface area (Å²) in [4.78, 5) is 33.7. The van der Waals surface area contributed by atoms with Gasteiger partial charge in [0.2, 0.25) is 11.8 Å². The predicted octanol–water partition coefficient (Wildman–Crippen LogP) is 0.896. The van der Waals surface area contributed by atoms with Crippen molar-refractivity contribution in [1.82, 2.24) is 15.5 Å². The molecule has 1 saturated heterocycles. The fourth-order valence-electron chi connectivity index (χ4n) is 2.37. The van der Waals surface area contributed by atoms with Crippen molar-refractivity contribution in [2.24, 2.45) is 0 Å². The number of amides is 2. The Bertz CT molecular complexity index is 689.